The Balaban J connectivity index is 1.45. The van der Waals surface area contributed by atoms with Crippen LogP contribution in [0.15, 0.2) is 66.7 Å². The van der Waals surface area contributed by atoms with Gasteiger partial charge < -0.3 is 15.4 Å². The Morgan fingerprint density at radius 1 is 1.00 bits per heavy atom. The van der Waals surface area contributed by atoms with E-state index >= 15 is 0 Å². The number of amides is 1. The van der Waals surface area contributed by atoms with Crippen molar-refractivity contribution >= 4 is 23.2 Å². The summed E-state index contributed by atoms with van der Waals surface area (Å²) >= 11 is 6.24. The predicted octanol–water partition coefficient (Wildman–Crippen LogP) is 7.68. The largest absolute Gasteiger partial charge is 0.456 e. The van der Waals surface area contributed by atoms with Crippen LogP contribution in [0.5, 0.6) is 11.5 Å². The molecule has 0 heterocycles. The van der Waals surface area contributed by atoms with Crippen LogP contribution in [-0.2, 0) is 12.8 Å². The van der Waals surface area contributed by atoms with E-state index in [0.717, 1.165) is 61.0 Å². The molecule has 0 aliphatic heterocycles. The molecule has 0 bridgehead atoms. The summed E-state index contributed by atoms with van der Waals surface area (Å²) in [7, 11) is 0. The number of para-hydroxylation sites is 1. The number of ether oxygens (including phenoxy) is 1. The molecule has 1 saturated carbocycles. The van der Waals surface area contributed by atoms with Crippen molar-refractivity contribution in [1.29, 1.82) is 0 Å². The molecule has 184 valence electrons. The highest BCUT2D eigenvalue weighted by molar-refractivity contribution is 6.32. The smallest absolute Gasteiger partial charge is 0.254 e. The second-order valence-electron chi connectivity index (χ2n) is 9.38. The SMILES string of the molecule is CCCN(C(=O)c1cccc(CCc2cc(Oc3ccccc3Cl)ccc2N)c1)C1CCCCC1. The maximum atomic E-state index is 13.4. The highest BCUT2D eigenvalue weighted by Gasteiger charge is 2.25. The van der Waals surface area contributed by atoms with Gasteiger partial charge in [0.2, 0.25) is 0 Å². The van der Waals surface area contributed by atoms with Crippen molar-refractivity contribution in [3.8, 4) is 11.5 Å². The normalized spacial score (nSPS) is 14.0. The van der Waals surface area contributed by atoms with Crippen molar-refractivity contribution in [2.75, 3.05) is 12.3 Å². The molecule has 5 heteroatoms. The van der Waals surface area contributed by atoms with Crippen molar-refractivity contribution < 1.29 is 9.53 Å². The molecule has 3 aromatic rings. The van der Waals surface area contributed by atoms with Gasteiger partial charge in [-0.25, -0.2) is 0 Å². The molecular weight excluding hydrogens is 456 g/mol. The predicted molar refractivity (Wildman–Crippen MR) is 144 cm³/mol. The summed E-state index contributed by atoms with van der Waals surface area (Å²) in [5.74, 6) is 1.48. The van der Waals surface area contributed by atoms with E-state index in [1.807, 2.05) is 54.6 Å². The summed E-state index contributed by atoms with van der Waals surface area (Å²) in [6, 6.07) is 21.6. The topological polar surface area (TPSA) is 55.6 Å². The van der Waals surface area contributed by atoms with Gasteiger partial charge in [0.25, 0.3) is 5.91 Å². The molecule has 0 saturated heterocycles. The first kappa shape index (κ1) is 25.1. The van der Waals surface area contributed by atoms with E-state index in [9.17, 15) is 4.79 Å². The van der Waals surface area contributed by atoms with Crippen LogP contribution in [0.1, 0.15) is 66.9 Å². The van der Waals surface area contributed by atoms with Crippen molar-refractivity contribution in [3.05, 3.63) is 88.4 Å². The Morgan fingerprint density at radius 3 is 2.57 bits per heavy atom. The molecule has 4 rings (SSSR count). The van der Waals surface area contributed by atoms with Gasteiger partial charge in [-0.15, -0.1) is 0 Å². The fourth-order valence-corrected chi connectivity index (χ4v) is 5.08. The number of carbonyl (C=O) groups is 1. The molecule has 0 unspecified atom stereocenters. The number of nitrogens with zero attached hydrogens (tertiary/aromatic N) is 1. The van der Waals surface area contributed by atoms with Crippen molar-refractivity contribution in [2.24, 2.45) is 0 Å². The molecule has 2 N–H and O–H groups in total. The number of hydrogen-bond donors (Lipinski definition) is 1. The van der Waals surface area contributed by atoms with Gasteiger partial charge in [0.15, 0.2) is 0 Å². The van der Waals surface area contributed by atoms with Crippen LogP contribution in [0.4, 0.5) is 5.69 Å². The van der Waals surface area contributed by atoms with E-state index in [0.29, 0.717) is 22.6 Å². The second kappa shape index (κ2) is 12.1. The molecule has 0 spiro atoms. The quantitative estimate of drug-likeness (QED) is 0.313. The standard InChI is InChI=1S/C30H35ClN2O2/c1-2-19-33(25-11-4-3-5-12-25)30(34)24-10-8-9-22(20-24)15-16-23-21-26(17-18-28(23)32)35-29-14-7-6-13-27(29)31/h6-10,13-14,17-18,20-21,25H,2-5,11-12,15-16,19,32H2,1H3. The van der Waals surface area contributed by atoms with Crippen LogP contribution in [0.25, 0.3) is 0 Å². The lowest BCUT2D eigenvalue weighted by Gasteiger charge is -2.34. The third-order valence-corrected chi connectivity index (χ3v) is 7.09. The minimum atomic E-state index is 0.162. The third-order valence-electron chi connectivity index (χ3n) is 6.78. The highest BCUT2D eigenvalue weighted by Crippen LogP contribution is 2.31. The summed E-state index contributed by atoms with van der Waals surface area (Å²) < 4.78 is 5.98. The van der Waals surface area contributed by atoms with Gasteiger partial charge in [0, 0.05) is 23.8 Å². The minimum Gasteiger partial charge on any atom is -0.456 e. The van der Waals surface area contributed by atoms with Crippen LogP contribution in [-0.4, -0.2) is 23.4 Å². The van der Waals surface area contributed by atoms with Crippen LogP contribution in [0, 0.1) is 0 Å². The summed E-state index contributed by atoms with van der Waals surface area (Å²) in [4.78, 5) is 15.6. The lowest BCUT2D eigenvalue weighted by molar-refractivity contribution is 0.0634. The van der Waals surface area contributed by atoms with Gasteiger partial charge in [-0.1, -0.05) is 62.1 Å². The molecule has 35 heavy (non-hydrogen) atoms. The van der Waals surface area contributed by atoms with E-state index in [4.69, 9.17) is 22.1 Å². The highest BCUT2D eigenvalue weighted by atomic mass is 35.5. The van der Waals surface area contributed by atoms with Gasteiger partial charge >= 0.3 is 0 Å². The number of carbonyl (C=O) groups excluding carboxylic acids is 1. The Hall–Kier alpha value is -2.98. The third kappa shape index (κ3) is 6.58. The molecule has 1 fully saturated rings. The lowest BCUT2D eigenvalue weighted by atomic mass is 9.93. The average molecular weight is 491 g/mol. The first-order valence-electron chi connectivity index (χ1n) is 12.8. The molecule has 0 aromatic heterocycles. The zero-order valence-corrected chi connectivity index (χ0v) is 21.3. The van der Waals surface area contributed by atoms with Gasteiger partial charge in [-0.2, -0.15) is 0 Å². The summed E-state index contributed by atoms with van der Waals surface area (Å²) in [6.07, 6.45) is 8.50. The Bertz CT molecular complexity index is 1140. The molecule has 1 amide bonds. The van der Waals surface area contributed by atoms with Crippen molar-refractivity contribution in [2.45, 2.75) is 64.3 Å². The molecule has 4 nitrogen and oxygen atoms in total. The Labute approximate surface area is 214 Å². The number of benzene rings is 3. The zero-order chi connectivity index (χ0) is 24.6. The van der Waals surface area contributed by atoms with Gasteiger partial charge in [0.1, 0.15) is 11.5 Å². The van der Waals surface area contributed by atoms with E-state index in [1.54, 1.807) is 6.07 Å². The van der Waals surface area contributed by atoms with E-state index in [-0.39, 0.29) is 5.91 Å². The van der Waals surface area contributed by atoms with Crippen LogP contribution < -0.4 is 10.5 Å². The van der Waals surface area contributed by atoms with Crippen LogP contribution in [0.2, 0.25) is 5.02 Å². The Morgan fingerprint density at radius 2 is 1.80 bits per heavy atom. The lowest BCUT2D eigenvalue weighted by Crippen LogP contribution is -2.42. The monoisotopic (exact) mass is 490 g/mol. The van der Waals surface area contributed by atoms with Crippen molar-refractivity contribution in [1.82, 2.24) is 4.90 Å². The number of anilines is 1. The number of halogens is 1. The number of rotatable bonds is 9. The fraction of sp³-hybridized carbons (Fsp3) is 0.367. The van der Waals surface area contributed by atoms with Gasteiger partial charge in [-0.05, 0) is 85.7 Å². The maximum absolute atomic E-state index is 13.4. The zero-order valence-electron chi connectivity index (χ0n) is 20.5. The van der Waals surface area contributed by atoms with Gasteiger partial charge in [0.05, 0.1) is 5.02 Å². The first-order valence-corrected chi connectivity index (χ1v) is 13.1. The molecular formula is C30H35ClN2O2. The number of nitrogens with two attached hydrogens (primary N) is 1. The van der Waals surface area contributed by atoms with E-state index in [2.05, 4.69) is 17.9 Å². The molecule has 0 radical (unpaired) electrons. The first-order chi connectivity index (χ1) is 17.0. The summed E-state index contributed by atoms with van der Waals surface area (Å²) in [6.45, 7) is 2.97. The maximum Gasteiger partial charge on any atom is 0.254 e. The Kier molecular flexibility index (Phi) is 8.70. The minimum absolute atomic E-state index is 0.162. The van der Waals surface area contributed by atoms with Crippen LogP contribution >= 0.6 is 11.6 Å². The number of nitrogen functional groups attached to an aromatic ring is 1. The molecule has 1 aliphatic rings. The molecule has 3 aromatic carbocycles. The number of hydrogen-bond acceptors (Lipinski definition) is 3. The van der Waals surface area contributed by atoms with Crippen molar-refractivity contribution in [3.63, 3.8) is 0 Å². The summed E-state index contributed by atoms with van der Waals surface area (Å²) in [5, 5.41) is 0.567. The number of aryl methyl sites for hydroxylation is 2. The molecule has 1 aliphatic carbocycles. The second-order valence-corrected chi connectivity index (χ2v) is 9.79. The summed E-state index contributed by atoms with van der Waals surface area (Å²) in [5.41, 5.74) is 9.93. The van der Waals surface area contributed by atoms with Gasteiger partial charge in [-0.3, -0.25) is 4.79 Å². The van der Waals surface area contributed by atoms with E-state index < -0.39 is 0 Å². The van der Waals surface area contributed by atoms with E-state index in [1.165, 1.54) is 19.3 Å². The van der Waals surface area contributed by atoms with Crippen LogP contribution in [0.3, 0.4) is 0 Å². The average Bonchev–Trinajstić information content (AvgIpc) is 2.89. The molecule has 0 atom stereocenters. The fourth-order valence-electron chi connectivity index (χ4n) is 4.90.